The van der Waals surface area contributed by atoms with Crippen molar-refractivity contribution < 1.29 is 19.2 Å². The van der Waals surface area contributed by atoms with Crippen molar-refractivity contribution in [2.24, 2.45) is 5.16 Å². The predicted octanol–water partition coefficient (Wildman–Crippen LogP) is 3.85. The number of rotatable bonds is 6. The molecule has 132 valence electrons. The summed E-state index contributed by atoms with van der Waals surface area (Å²) < 4.78 is 4.92. The third kappa shape index (κ3) is 4.21. The lowest BCUT2D eigenvalue weighted by Crippen LogP contribution is -2.18. The van der Waals surface area contributed by atoms with Gasteiger partial charge in [-0.25, -0.2) is 0 Å². The first-order valence-electron chi connectivity index (χ1n) is 8.13. The van der Waals surface area contributed by atoms with Gasteiger partial charge in [-0.05, 0) is 25.1 Å². The fraction of sp³-hybridized carbons (Fsp3) is 0.150. The Bertz CT molecular complexity index is 874. The van der Waals surface area contributed by atoms with Crippen LogP contribution in [0.25, 0.3) is 0 Å². The number of carbonyl (C=O) groups is 2. The largest absolute Gasteiger partial charge is 0.465 e. The number of nitrogens with zero attached hydrogens (tertiary/aromatic N) is 1. The minimum atomic E-state index is -0.357. The van der Waals surface area contributed by atoms with E-state index in [1.165, 1.54) is 0 Å². The number of thioether (sulfide) groups is 1. The van der Waals surface area contributed by atoms with Crippen LogP contribution in [-0.2, 0) is 9.53 Å². The van der Waals surface area contributed by atoms with Gasteiger partial charge in [0.25, 0.3) is 0 Å². The molecule has 1 aliphatic carbocycles. The summed E-state index contributed by atoms with van der Waals surface area (Å²) in [4.78, 5) is 30.2. The molecule has 0 saturated carbocycles. The molecule has 0 saturated heterocycles. The fourth-order valence-corrected chi connectivity index (χ4v) is 3.20. The molecule has 0 bridgehead atoms. The van der Waals surface area contributed by atoms with E-state index in [2.05, 4.69) is 5.16 Å². The highest BCUT2D eigenvalue weighted by molar-refractivity contribution is 8.04. The number of esters is 1. The molecule has 0 aliphatic heterocycles. The number of para-hydroxylation sites is 1. The molecule has 0 unspecified atom stereocenters. The Labute approximate surface area is 155 Å². The van der Waals surface area contributed by atoms with E-state index in [0.29, 0.717) is 34.1 Å². The molecule has 0 radical (unpaired) electrons. The van der Waals surface area contributed by atoms with Crippen molar-refractivity contribution in [3.63, 3.8) is 0 Å². The summed E-state index contributed by atoms with van der Waals surface area (Å²) in [5.74, 6) is 0.182. The Morgan fingerprint density at radius 2 is 1.73 bits per heavy atom. The van der Waals surface area contributed by atoms with Gasteiger partial charge in [0, 0.05) is 11.1 Å². The first-order chi connectivity index (χ1) is 12.7. The summed E-state index contributed by atoms with van der Waals surface area (Å²) in [6.07, 6.45) is 1.65. The van der Waals surface area contributed by atoms with Crippen LogP contribution in [-0.4, -0.2) is 29.8 Å². The molecule has 2 aromatic rings. The molecule has 1 aliphatic rings. The van der Waals surface area contributed by atoms with E-state index in [1.54, 1.807) is 37.3 Å². The monoisotopic (exact) mass is 367 g/mol. The number of Topliss-reactive ketones (excluding diaryl/α,β-unsaturated/α-hetero) is 1. The third-order valence-corrected chi connectivity index (χ3v) is 4.58. The molecule has 0 atom stereocenters. The van der Waals surface area contributed by atoms with Crippen LogP contribution in [0.4, 0.5) is 0 Å². The Balaban J connectivity index is 1.87. The zero-order valence-electron chi connectivity index (χ0n) is 14.2. The predicted molar refractivity (Wildman–Crippen MR) is 102 cm³/mol. The Morgan fingerprint density at radius 3 is 2.46 bits per heavy atom. The fourth-order valence-electron chi connectivity index (χ4n) is 2.41. The van der Waals surface area contributed by atoms with E-state index in [9.17, 15) is 9.59 Å². The van der Waals surface area contributed by atoms with E-state index in [-0.39, 0.29) is 17.5 Å². The van der Waals surface area contributed by atoms with E-state index >= 15 is 0 Å². The van der Waals surface area contributed by atoms with Crippen molar-refractivity contribution in [2.45, 2.75) is 6.92 Å². The van der Waals surface area contributed by atoms with Gasteiger partial charge in [0.2, 0.25) is 0 Å². The molecule has 0 N–H and O–H groups in total. The summed E-state index contributed by atoms with van der Waals surface area (Å²) in [6, 6.07) is 16.4. The smallest absolute Gasteiger partial charge is 0.316 e. The lowest BCUT2D eigenvalue weighted by atomic mass is 9.94. The second-order valence-corrected chi connectivity index (χ2v) is 6.38. The second-order valence-electron chi connectivity index (χ2n) is 5.36. The number of fused-ring (bicyclic) bond motifs is 1. The molecular weight excluding hydrogens is 350 g/mol. The van der Waals surface area contributed by atoms with Gasteiger partial charge in [-0.2, -0.15) is 0 Å². The molecule has 0 fully saturated rings. The van der Waals surface area contributed by atoms with Gasteiger partial charge in [-0.3, -0.25) is 9.59 Å². The van der Waals surface area contributed by atoms with Crippen LogP contribution in [0.5, 0.6) is 5.75 Å². The van der Waals surface area contributed by atoms with Crippen molar-refractivity contribution in [3.05, 3.63) is 76.7 Å². The highest BCUT2D eigenvalue weighted by Crippen LogP contribution is 2.29. The van der Waals surface area contributed by atoms with Gasteiger partial charge in [0.15, 0.2) is 11.5 Å². The first kappa shape index (κ1) is 17.9. The Morgan fingerprint density at radius 1 is 1.04 bits per heavy atom. The number of benzene rings is 2. The maximum absolute atomic E-state index is 12.7. The van der Waals surface area contributed by atoms with Gasteiger partial charge < -0.3 is 9.57 Å². The Hall–Kier alpha value is -2.86. The number of ether oxygens (including phenoxy) is 1. The van der Waals surface area contributed by atoms with E-state index in [0.717, 1.165) is 11.8 Å². The van der Waals surface area contributed by atoms with E-state index < -0.39 is 0 Å². The lowest BCUT2D eigenvalue weighted by Gasteiger charge is -2.16. The summed E-state index contributed by atoms with van der Waals surface area (Å²) in [7, 11) is 0. The maximum Gasteiger partial charge on any atom is 0.316 e. The topological polar surface area (TPSA) is 65.0 Å². The minimum absolute atomic E-state index is 0.0698. The van der Waals surface area contributed by atoms with Crippen molar-refractivity contribution in [3.8, 4) is 5.75 Å². The molecule has 26 heavy (non-hydrogen) atoms. The zero-order chi connectivity index (χ0) is 18.4. The Kier molecular flexibility index (Phi) is 5.86. The van der Waals surface area contributed by atoms with Crippen LogP contribution < -0.4 is 4.84 Å². The van der Waals surface area contributed by atoms with Crippen LogP contribution >= 0.6 is 11.8 Å². The molecule has 3 rings (SSSR count). The van der Waals surface area contributed by atoms with Crippen LogP contribution in [0, 0.1) is 0 Å². The normalized spacial score (nSPS) is 14.6. The molecule has 0 heterocycles. The van der Waals surface area contributed by atoms with Gasteiger partial charge in [0.1, 0.15) is 5.71 Å². The van der Waals surface area contributed by atoms with Crippen LogP contribution in [0.15, 0.2) is 70.7 Å². The van der Waals surface area contributed by atoms with Gasteiger partial charge in [0.05, 0.1) is 17.3 Å². The van der Waals surface area contributed by atoms with Crippen LogP contribution in [0.1, 0.15) is 22.8 Å². The first-order valence-corrected chi connectivity index (χ1v) is 9.12. The lowest BCUT2D eigenvalue weighted by molar-refractivity contribution is -0.139. The average molecular weight is 367 g/mol. The van der Waals surface area contributed by atoms with Crippen LogP contribution in [0.2, 0.25) is 0 Å². The maximum atomic E-state index is 12.7. The summed E-state index contributed by atoms with van der Waals surface area (Å²) in [5, 5.41) is 4.20. The zero-order valence-corrected chi connectivity index (χ0v) is 15.0. The number of hydrogen-bond acceptors (Lipinski definition) is 6. The van der Waals surface area contributed by atoms with E-state index in [1.807, 2.05) is 30.3 Å². The van der Waals surface area contributed by atoms with Crippen molar-refractivity contribution in [2.75, 3.05) is 12.4 Å². The minimum Gasteiger partial charge on any atom is -0.465 e. The summed E-state index contributed by atoms with van der Waals surface area (Å²) >= 11 is 1.14. The van der Waals surface area contributed by atoms with Gasteiger partial charge in [-0.1, -0.05) is 47.6 Å². The highest BCUT2D eigenvalue weighted by Gasteiger charge is 2.25. The number of ketones is 1. The number of carbonyl (C=O) groups excluding carboxylic acids is 2. The van der Waals surface area contributed by atoms with Crippen molar-refractivity contribution in [1.82, 2.24) is 0 Å². The molecule has 2 aromatic carbocycles. The molecule has 0 amide bonds. The van der Waals surface area contributed by atoms with Crippen molar-refractivity contribution in [1.29, 1.82) is 0 Å². The quantitative estimate of drug-likeness (QED) is 0.573. The van der Waals surface area contributed by atoms with Gasteiger partial charge in [-0.15, -0.1) is 11.8 Å². The van der Waals surface area contributed by atoms with E-state index in [4.69, 9.17) is 9.57 Å². The molecule has 0 spiro atoms. The van der Waals surface area contributed by atoms with Crippen molar-refractivity contribution >= 4 is 29.2 Å². The van der Waals surface area contributed by atoms with Crippen LogP contribution in [0.3, 0.4) is 0 Å². The third-order valence-electron chi connectivity index (χ3n) is 3.58. The number of oxime groups is 1. The summed E-state index contributed by atoms with van der Waals surface area (Å²) in [6.45, 7) is 2.06. The second kappa shape index (κ2) is 8.49. The molecule has 0 aromatic heterocycles. The molecule has 5 nitrogen and oxygen atoms in total. The molecular formula is C20H17NO4S. The number of allylic oxidation sites excluding steroid dienone is 2. The standard InChI is InChI=1S/C20H17NO4S/c1-2-24-19(22)13-26-18-12-17(21-25-14-8-4-3-5-9-14)15-10-6-7-11-16(15)20(18)23/h3-12H,2,13H2,1H3/b21-17+. The average Bonchev–Trinajstić information content (AvgIpc) is 2.68. The van der Waals surface area contributed by atoms with Gasteiger partial charge >= 0.3 is 5.97 Å². The number of hydrogen-bond donors (Lipinski definition) is 0. The summed E-state index contributed by atoms with van der Waals surface area (Å²) in [5.41, 5.74) is 1.78. The molecule has 6 heteroatoms. The highest BCUT2D eigenvalue weighted by atomic mass is 32.2. The SMILES string of the molecule is CCOC(=O)CSC1=C/C(=N\Oc2ccccc2)c2ccccc2C1=O.